The van der Waals surface area contributed by atoms with Crippen molar-refractivity contribution in [3.05, 3.63) is 0 Å². The Morgan fingerprint density at radius 3 is 2.67 bits per heavy atom. The molecule has 0 aliphatic rings. The second-order valence-corrected chi connectivity index (χ2v) is 4.71. The van der Waals surface area contributed by atoms with E-state index in [1.807, 2.05) is 6.92 Å². The zero-order valence-electron chi connectivity index (χ0n) is 7.67. The van der Waals surface area contributed by atoms with Crippen LogP contribution in [0.4, 0.5) is 4.79 Å². The highest BCUT2D eigenvalue weighted by molar-refractivity contribution is 8.82. The molecule has 0 unspecified atom stereocenters. The smallest absolute Gasteiger partial charge is 0.378 e. The Kier molecular flexibility index (Phi) is 9.39. The first-order chi connectivity index (χ1) is 5.81. The van der Waals surface area contributed by atoms with E-state index < -0.39 is 0 Å². The molecule has 0 fully saturated rings. The highest BCUT2D eigenvalue weighted by Gasteiger charge is 2.02. The minimum absolute atomic E-state index is 0.155. The second kappa shape index (κ2) is 9.26. The SMILES string of the molecule is CCCCSSC(=O)OCCC. The minimum atomic E-state index is -0.155. The predicted octanol–water partition coefficient (Wildman–Crippen LogP) is 3.71. The molecular weight excluding hydrogens is 192 g/mol. The van der Waals surface area contributed by atoms with Crippen molar-refractivity contribution >= 4 is 26.9 Å². The van der Waals surface area contributed by atoms with Crippen LogP contribution >= 0.6 is 21.6 Å². The number of carbonyl (C=O) groups is 1. The van der Waals surface area contributed by atoms with Crippen LogP contribution in [0, 0.1) is 0 Å². The van der Waals surface area contributed by atoms with Gasteiger partial charge >= 0.3 is 5.30 Å². The number of rotatable bonds is 6. The average Bonchev–Trinajstić information content (AvgIpc) is 2.09. The molecule has 0 aliphatic carbocycles. The lowest BCUT2D eigenvalue weighted by molar-refractivity contribution is 0.175. The van der Waals surface area contributed by atoms with E-state index in [0.717, 1.165) is 12.2 Å². The van der Waals surface area contributed by atoms with Crippen LogP contribution in [0.5, 0.6) is 0 Å². The van der Waals surface area contributed by atoms with Crippen molar-refractivity contribution in [3.8, 4) is 0 Å². The van der Waals surface area contributed by atoms with Gasteiger partial charge in [0.1, 0.15) is 0 Å². The summed E-state index contributed by atoms with van der Waals surface area (Å²) in [6.45, 7) is 4.67. The van der Waals surface area contributed by atoms with E-state index in [2.05, 4.69) is 6.92 Å². The molecule has 0 radical (unpaired) electrons. The van der Waals surface area contributed by atoms with Gasteiger partial charge in [-0.3, -0.25) is 0 Å². The molecule has 2 nitrogen and oxygen atoms in total. The monoisotopic (exact) mass is 208 g/mol. The third kappa shape index (κ3) is 8.27. The Bertz CT molecular complexity index is 118. The minimum Gasteiger partial charge on any atom is -0.457 e. The summed E-state index contributed by atoms with van der Waals surface area (Å²) >= 11 is 0. The van der Waals surface area contributed by atoms with Crippen LogP contribution in [0.1, 0.15) is 33.1 Å². The third-order valence-electron chi connectivity index (χ3n) is 1.13. The van der Waals surface area contributed by atoms with Gasteiger partial charge in [0, 0.05) is 16.5 Å². The molecule has 0 spiro atoms. The molecule has 0 rings (SSSR count). The topological polar surface area (TPSA) is 26.3 Å². The van der Waals surface area contributed by atoms with E-state index in [9.17, 15) is 4.79 Å². The summed E-state index contributed by atoms with van der Waals surface area (Å²) < 4.78 is 4.87. The summed E-state index contributed by atoms with van der Waals surface area (Å²) in [6, 6.07) is 0. The van der Waals surface area contributed by atoms with Crippen LogP contribution in [-0.2, 0) is 4.74 Å². The van der Waals surface area contributed by atoms with E-state index in [4.69, 9.17) is 4.74 Å². The van der Waals surface area contributed by atoms with Gasteiger partial charge in [-0.25, -0.2) is 4.79 Å². The second-order valence-electron chi connectivity index (χ2n) is 2.36. The maximum atomic E-state index is 10.9. The van der Waals surface area contributed by atoms with Gasteiger partial charge in [-0.1, -0.05) is 31.1 Å². The Morgan fingerprint density at radius 2 is 2.08 bits per heavy atom. The molecule has 0 saturated carbocycles. The zero-order valence-corrected chi connectivity index (χ0v) is 9.30. The lowest BCUT2D eigenvalue weighted by Crippen LogP contribution is -1.96. The quantitative estimate of drug-likeness (QED) is 0.377. The largest absolute Gasteiger partial charge is 0.457 e. The van der Waals surface area contributed by atoms with Crippen LogP contribution in [0.2, 0.25) is 0 Å². The summed E-state index contributed by atoms with van der Waals surface area (Å²) in [5, 5.41) is -0.155. The number of carbonyl (C=O) groups excluding carboxylic acids is 1. The average molecular weight is 208 g/mol. The molecule has 0 aromatic heterocycles. The molecule has 4 heteroatoms. The number of unbranched alkanes of at least 4 members (excludes halogenated alkanes) is 1. The molecule has 0 amide bonds. The van der Waals surface area contributed by atoms with Crippen LogP contribution in [0.15, 0.2) is 0 Å². The standard InChI is InChI=1S/C8H16O2S2/c1-3-5-7-11-12-8(9)10-6-4-2/h3-7H2,1-2H3. The molecular formula is C8H16O2S2. The van der Waals surface area contributed by atoms with Crippen molar-refractivity contribution in [2.75, 3.05) is 12.4 Å². The fourth-order valence-corrected chi connectivity index (χ4v) is 2.26. The van der Waals surface area contributed by atoms with Crippen molar-refractivity contribution < 1.29 is 9.53 Å². The van der Waals surface area contributed by atoms with Crippen LogP contribution in [-0.4, -0.2) is 17.7 Å². The van der Waals surface area contributed by atoms with Crippen LogP contribution in [0.25, 0.3) is 0 Å². The lowest BCUT2D eigenvalue weighted by Gasteiger charge is -2.00. The van der Waals surface area contributed by atoms with Gasteiger partial charge in [-0.15, -0.1) is 0 Å². The van der Waals surface area contributed by atoms with Crippen molar-refractivity contribution in [3.63, 3.8) is 0 Å². The Balaban J connectivity index is 3.08. The first-order valence-corrected chi connectivity index (χ1v) is 6.59. The molecule has 0 bridgehead atoms. The van der Waals surface area contributed by atoms with Gasteiger partial charge in [-0.2, -0.15) is 0 Å². The highest BCUT2D eigenvalue weighted by Crippen LogP contribution is 2.24. The Labute approximate surface area is 82.2 Å². The molecule has 0 aromatic rings. The fourth-order valence-electron chi connectivity index (χ4n) is 0.502. The van der Waals surface area contributed by atoms with E-state index in [0.29, 0.717) is 6.61 Å². The van der Waals surface area contributed by atoms with Gasteiger partial charge in [0.15, 0.2) is 0 Å². The number of ether oxygens (including phenoxy) is 1. The van der Waals surface area contributed by atoms with Gasteiger partial charge in [0.2, 0.25) is 0 Å². The predicted molar refractivity (Wildman–Crippen MR) is 56.6 cm³/mol. The molecule has 72 valence electrons. The fraction of sp³-hybridized carbons (Fsp3) is 0.875. The molecule has 0 heterocycles. The van der Waals surface area contributed by atoms with Gasteiger partial charge in [-0.05, 0) is 12.8 Å². The zero-order chi connectivity index (χ0) is 9.23. The maximum Gasteiger partial charge on any atom is 0.378 e. The van der Waals surface area contributed by atoms with Gasteiger partial charge in [0.25, 0.3) is 0 Å². The molecule has 0 aliphatic heterocycles. The summed E-state index contributed by atoms with van der Waals surface area (Å²) in [4.78, 5) is 10.9. The van der Waals surface area contributed by atoms with Crippen LogP contribution in [0.3, 0.4) is 0 Å². The molecule has 0 aromatic carbocycles. The molecule has 0 atom stereocenters. The summed E-state index contributed by atoms with van der Waals surface area (Å²) in [6.07, 6.45) is 3.24. The van der Waals surface area contributed by atoms with E-state index >= 15 is 0 Å². The normalized spacial score (nSPS) is 9.83. The van der Waals surface area contributed by atoms with E-state index in [-0.39, 0.29) is 5.30 Å². The van der Waals surface area contributed by atoms with Crippen LogP contribution < -0.4 is 0 Å². The first-order valence-electron chi connectivity index (χ1n) is 4.27. The molecule has 0 N–H and O–H groups in total. The van der Waals surface area contributed by atoms with E-state index in [1.165, 1.54) is 23.6 Å². The van der Waals surface area contributed by atoms with Crippen molar-refractivity contribution in [2.24, 2.45) is 0 Å². The van der Waals surface area contributed by atoms with E-state index in [1.54, 1.807) is 10.8 Å². The highest BCUT2D eigenvalue weighted by atomic mass is 33.1. The first kappa shape index (κ1) is 12.2. The number of hydrogen-bond donors (Lipinski definition) is 0. The van der Waals surface area contributed by atoms with Crippen molar-refractivity contribution in [1.82, 2.24) is 0 Å². The van der Waals surface area contributed by atoms with Gasteiger partial charge < -0.3 is 4.74 Å². The van der Waals surface area contributed by atoms with Crippen molar-refractivity contribution in [1.29, 1.82) is 0 Å². The third-order valence-corrected chi connectivity index (χ3v) is 3.22. The molecule has 12 heavy (non-hydrogen) atoms. The maximum absolute atomic E-state index is 10.9. The summed E-state index contributed by atoms with van der Waals surface area (Å²) in [5.74, 6) is 1.03. The van der Waals surface area contributed by atoms with Crippen molar-refractivity contribution in [2.45, 2.75) is 33.1 Å². The number of hydrogen-bond acceptors (Lipinski definition) is 4. The van der Waals surface area contributed by atoms with Gasteiger partial charge in [0.05, 0.1) is 6.61 Å². The molecule has 0 saturated heterocycles. The Hall–Kier alpha value is 0.170. The lowest BCUT2D eigenvalue weighted by atomic mass is 10.4. The summed E-state index contributed by atoms with van der Waals surface area (Å²) in [7, 11) is 2.79. The summed E-state index contributed by atoms with van der Waals surface area (Å²) in [5.41, 5.74) is 0. The Morgan fingerprint density at radius 1 is 1.33 bits per heavy atom.